The molecular weight excluding hydrogens is 360 g/mol. The van der Waals surface area contributed by atoms with Crippen molar-refractivity contribution in [2.24, 2.45) is 0 Å². The number of nitriles is 1. The Labute approximate surface area is 161 Å². The molecular formula is C20H16N4O2S. The number of carbonyl (C=O) groups is 1. The quantitative estimate of drug-likeness (QED) is 0.404. The van der Waals surface area contributed by atoms with Crippen LogP contribution in [0.1, 0.15) is 15.9 Å². The molecule has 0 aliphatic carbocycles. The van der Waals surface area contributed by atoms with Gasteiger partial charge in [-0.1, -0.05) is 42.1 Å². The Bertz CT molecular complexity index is 999. The van der Waals surface area contributed by atoms with E-state index < -0.39 is 5.97 Å². The average molecular weight is 376 g/mol. The van der Waals surface area contributed by atoms with Crippen molar-refractivity contribution in [2.75, 3.05) is 18.7 Å². The largest absolute Gasteiger partial charge is 0.465 e. The van der Waals surface area contributed by atoms with Crippen LogP contribution >= 0.6 is 11.8 Å². The summed E-state index contributed by atoms with van der Waals surface area (Å²) in [4.78, 5) is 20.5. The zero-order chi connectivity index (χ0) is 19.2. The highest BCUT2D eigenvalue weighted by Crippen LogP contribution is 2.30. The Morgan fingerprint density at radius 1 is 1.11 bits per heavy atom. The number of anilines is 2. The van der Waals surface area contributed by atoms with Crippen LogP contribution in [0.3, 0.4) is 0 Å². The van der Waals surface area contributed by atoms with Crippen molar-refractivity contribution < 1.29 is 9.53 Å². The molecule has 0 bridgehead atoms. The van der Waals surface area contributed by atoms with Crippen molar-refractivity contribution in [1.29, 1.82) is 5.26 Å². The molecule has 1 N–H and O–H groups in total. The summed E-state index contributed by atoms with van der Waals surface area (Å²) in [5.74, 6) is 0.0128. The van der Waals surface area contributed by atoms with Crippen molar-refractivity contribution >= 4 is 29.2 Å². The van der Waals surface area contributed by atoms with E-state index >= 15 is 0 Å². The summed E-state index contributed by atoms with van der Waals surface area (Å²) >= 11 is 1.40. The molecule has 1 heterocycles. The van der Waals surface area contributed by atoms with Gasteiger partial charge in [0, 0.05) is 11.3 Å². The predicted octanol–water partition coefficient (Wildman–Crippen LogP) is 4.27. The van der Waals surface area contributed by atoms with Crippen LogP contribution in [0.5, 0.6) is 0 Å². The number of benzene rings is 2. The second-order valence-corrected chi connectivity index (χ2v) is 6.23. The summed E-state index contributed by atoms with van der Waals surface area (Å²) in [7, 11) is 1.34. The molecule has 0 aliphatic rings. The van der Waals surface area contributed by atoms with Crippen LogP contribution in [0.15, 0.2) is 59.8 Å². The number of ether oxygens (including phenoxy) is 1. The van der Waals surface area contributed by atoms with Gasteiger partial charge < -0.3 is 10.1 Å². The molecule has 0 radical (unpaired) electrons. The second kappa shape index (κ2) is 8.34. The van der Waals surface area contributed by atoms with Gasteiger partial charge in [0.15, 0.2) is 11.0 Å². The summed E-state index contributed by atoms with van der Waals surface area (Å²) in [6, 6.07) is 18.5. The molecule has 27 heavy (non-hydrogen) atoms. The molecule has 6 nitrogen and oxygen atoms in total. The van der Waals surface area contributed by atoms with E-state index in [0.717, 1.165) is 5.56 Å². The third-order valence-corrected chi connectivity index (χ3v) is 4.35. The van der Waals surface area contributed by atoms with Gasteiger partial charge in [0.05, 0.1) is 18.4 Å². The van der Waals surface area contributed by atoms with E-state index in [1.165, 1.54) is 18.9 Å². The van der Waals surface area contributed by atoms with Gasteiger partial charge in [0.25, 0.3) is 0 Å². The molecule has 0 unspecified atom stereocenters. The maximum atomic E-state index is 11.6. The summed E-state index contributed by atoms with van der Waals surface area (Å²) in [5.41, 5.74) is 2.92. The van der Waals surface area contributed by atoms with Gasteiger partial charge in [-0.2, -0.15) is 5.26 Å². The maximum absolute atomic E-state index is 11.6. The monoisotopic (exact) mass is 376 g/mol. The number of nitrogens with zero attached hydrogens (tertiary/aromatic N) is 3. The standard InChI is InChI=1S/C20H16N4O2S/c1-26-19(25)14-8-10-15(11-9-14)22-18-16(12-21)17(23-20(24-18)27-2)13-6-4-3-5-7-13/h3-11H,1-2H3,(H,22,23,24). The molecule has 2 aromatic carbocycles. The zero-order valence-corrected chi connectivity index (χ0v) is 15.6. The van der Waals surface area contributed by atoms with Gasteiger partial charge in [0.2, 0.25) is 0 Å². The van der Waals surface area contributed by atoms with E-state index in [1.807, 2.05) is 36.6 Å². The lowest BCUT2D eigenvalue weighted by Crippen LogP contribution is -2.04. The van der Waals surface area contributed by atoms with Gasteiger partial charge in [0.1, 0.15) is 11.6 Å². The summed E-state index contributed by atoms with van der Waals surface area (Å²) in [6.07, 6.45) is 1.88. The first-order valence-corrected chi connectivity index (χ1v) is 9.25. The van der Waals surface area contributed by atoms with Gasteiger partial charge >= 0.3 is 5.97 Å². The highest BCUT2D eigenvalue weighted by molar-refractivity contribution is 7.98. The fourth-order valence-corrected chi connectivity index (χ4v) is 2.84. The highest BCUT2D eigenvalue weighted by Gasteiger charge is 2.16. The van der Waals surface area contributed by atoms with E-state index in [-0.39, 0.29) is 0 Å². The molecule has 0 amide bonds. The Balaban J connectivity index is 2.02. The lowest BCUT2D eigenvalue weighted by molar-refractivity contribution is 0.0601. The fraction of sp³-hybridized carbons (Fsp3) is 0.100. The minimum atomic E-state index is -0.405. The topological polar surface area (TPSA) is 87.9 Å². The number of carbonyl (C=O) groups excluding carboxylic acids is 1. The van der Waals surface area contributed by atoms with Crippen molar-refractivity contribution in [2.45, 2.75) is 5.16 Å². The first kappa shape index (κ1) is 18.4. The number of methoxy groups -OCH3 is 1. The molecule has 0 aliphatic heterocycles. The smallest absolute Gasteiger partial charge is 0.337 e. The first-order valence-electron chi connectivity index (χ1n) is 8.03. The number of hydrogen-bond acceptors (Lipinski definition) is 7. The van der Waals surface area contributed by atoms with Crippen LogP contribution < -0.4 is 5.32 Å². The molecule has 0 saturated carbocycles. The third kappa shape index (κ3) is 4.07. The molecule has 0 spiro atoms. The van der Waals surface area contributed by atoms with Gasteiger partial charge in [-0.05, 0) is 30.5 Å². The van der Waals surface area contributed by atoms with Crippen LogP contribution in [0, 0.1) is 11.3 Å². The molecule has 134 valence electrons. The second-order valence-electron chi connectivity index (χ2n) is 5.45. The number of aromatic nitrogens is 2. The predicted molar refractivity (Wildman–Crippen MR) is 105 cm³/mol. The number of hydrogen-bond donors (Lipinski definition) is 1. The van der Waals surface area contributed by atoms with Crippen LogP contribution in [0.2, 0.25) is 0 Å². The Morgan fingerprint density at radius 2 is 1.81 bits per heavy atom. The molecule has 0 saturated heterocycles. The molecule has 0 fully saturated rings. The van der Waals surface area contributed by atoms with Gasteiger partial charge in [-0.3, -0.25) is 0 Å². The Morgan fingerprint density at radius 3 is 2.41 bits per heavy atom. The van der Waals surface area contributed by atoms with E-state index in [1.54, 1.807) is 24.3 Å². The minimum Gasteiger partial charge on any atom is -0.465 e. The number of esters is 1. The van der Waals surface area contributed by atoms with E-state index in [9.17, 15) is 10.1 Å². The molecule has 1 aromatic heterocycles. The fourth-order valence-electron chi connectivity index (χ4n) is 2.48. The highest BCUT2D eigenvalue weighted by atomic mass is 32.2. The minimum absolute atomic E-state index is 0.357. The van der Waals surface area contributed by atoms with Crippen LogP contribution in [-0.4, -0.2) is 29.3 Å². The Kier molecular flexibility index (Phi) is 5.69. The number of thioether (sulfide) groups is 1. The van der Waals surface area contributed by atoms with Crippen LogP contribution in [0.4, 0.5) is 11.5 Å². The number of rotatable bonds is 5. The Hall–Kier alpha value is -3.37. The molecule has 0 atom stereocenters. The van der Waals surface area contributed by atoms with Gasteiger partial charge in [-0.25, -0.2) is 14.8 Å². The van der Waals surface area contributed by atoms with E-state index in [2.05, 4.69) is 21.4 Å². The normalized spacial score (nSPS) is 10.1. The average Bonchev–Trinajstić information content (AvgIpc) is 2.73. The van der Waals surface area contributed by atoms with E-state index in [4.69, 9.17) is 4.74 Å². The van der Waals surface area contributed by atoms with E-state index in [0.29, 0.717) is 33.5 Å². The molecule has 7 heteroatoms. The maximum Gasteiger partial charge on any atom is 0.337 e. The first-order chi connectivity index (χ1) is 13.2. The summed E-state index contributed by atoms with van der Waals surface area (Å²) < 4.78 is 4.70. The molecule has 3 rings (SSSR count). The molecule has 3 aromatic rings. The van der Waals surface area contributed by atoms with Crippen LogP contribution in [0.25, 0.3) is 11.3 Å². The van der Waals surface area contributed by atoms with Crippen molar-refractivity contribution in [3.05, 3.63) is 65.7 Å². The van der Waals surface area contributed by atoms with Crippen molar-refractivity contribution in [3.63, 3.8) is 0 Å². The number of nitrogens with one attached hydrogen (secondary N) is 1. The summed E-state index contributed by atoms with van der Waals surface area (Å²) in [5, 5.41) is 13.4. The zero-order valence-electron chi connectivity index (χ0n) is 14.8. The SMILES string of the molecule is COC(=O)c1ccc(Nc2nc(SC)nc(-c3ccccc3)c2C#N)cc1. The summed E-state index contributed by atoms with van der Waals surface area (Å²) in [6.45, 7) is 0. The van der Waals surface area contributed by atoms with Crippen LogP contribution in [-0.2, 0) is 4.74 Å². The lowest BCUT2D eigenvalue weighted by atomic mass is 10.1. The lowest BCUT2D eigenvalue weighted by Gasteiger charge is -2.12. The van der Waals surface area contributed by atoms with Crippen molar-refractivity contribution in [1.82, 2.24) is 9.97 Å². The third-order valence-electron chi connectivity index (χ3n) is 3.80. The van der Waals surface area contributed by atoms with Gasteiger partial charge in [-0.15, -0.1) is 0 Å². The van der Waals surface area contributed by atoms with Crippen molar-refractivity contribution in [3.8, 4) is 17.3 Å².